The Balaban J connectivity index is 1.65. The summed E-state index contributed by atoms with van der Waals surface area (Å²) in [6.45, 7) is 4.03. The highest BCUT2D eigenvalue weighted by atomic mass is 127. The largest absolute Gasteiger partial charge is 0.490 e. The summed E-state index contributed by atoms with van der Waals surface area (Å²) < 4.78 is 13.3. The maximum atomic E-state index is 12.4. The van der Waals surface area contributed by atoms with Gasteiger partial charge in [-0.25, -0.2) is 5.43 Å². The van der Waals surface area contributed by atoms with Gasteiger partial charge in [0.25, 0.3) is 5.91 Å². The van der Waals surface area contributed by atoms with Crippen molar-refractivity contribution in [1.82, 2.24) is 5.43 Å². The minimum absolute atomic E-state index is 0.231. The van der Waals surface area contributed by atoms with Crippen LogP contribution in [0, 0.1) is 9.49 Å². The van der Waals surface area contributed by atoms with Crippen LogP contribution in [0.2, 0.25) is 10.0 Å². The minimum atomic E-state index is -0.959. The second kappa shape index (κ2) is 14.0. The Morgan fingerprint density at radius 1 is 1.11 bits per heavy atom. The van der Waals surface area contributed by atoms with Crippen molar-refractivity contribution in [3.63, 3.8) is 0 Å². The van der Waals surface area contributed by atoms with Gasteiger partial charge < -0.3 is 14.8 Å². The van der Waals surface area contributed by atoms with E-state index in [0.29, 0.717) is 39.4 Å². The zero-order valence-electron chi connectivity index (χ0n) is 19.9. The maximum Gasteiger partial charge on any atom is 0.252 e. The summed E-state index contributed by atoms with van der Waals surface area (Å²) in [5.41, 5.74) is 4.45. The smallest absolute Gasteiger partial charge is 0.252 e. The van der Waals surface area contributed by atoms with Gasteiger partial charge in [0.05, 0.1) is 22.1 Å². The molecule has 0 aliphatic heterocycles. The predicted molar refractivity (Wildman–Crippen MR) is 159 cm³/mol. The number of halogens is 4. The van der Waals surface area contributed by atoms with Crippen molar-refractivity contribution in [2.24, 2.45) is 11.0 Å². The molecule has 0 saturated carbocycles. The molecule has 0 heterocycles. The highest BCUT2D eigenvalue weighted by Gasteiger charge is 2.22. The van der Waals surface area contributed by atoms with Gasteiger partial charge >= 0.3 is 0 Å². The van der Waals surface area contributed by atoms with Crippen LogP contribution in [0.25, 0.3) is 0 Å². The van der Waals surface area contributed by atoms with Crippen molar-refractivity contribution in [3.8, 4) is 11.5 Å². The Kier molecular flexibility index (Phi) is 11.0. The molecule has 1 atom stereocenters. The van der Waals surface area contributed by atoms with Gasteiger partial charge in [0, 0.05) is 20.1 Å². The number of benzene rings is 3. The first kappa shape index (κ1) is 29.2. The second-order valence-corrected chi connectivity index (χ2v) is 10.6. The quantitative estimate of drug-likeness (QED) is 0.102. The lowest BCUT2D eigenvalue weighted by molar-refractivity contribution is -0.131. The third kappa shape index (κ3) is 8.33. The van der Waals surface area contributed by atoms with E-state index in [2.05, 4.69) is 54.4 Å². The number of carbonyl (C=O) groups excluding carboxylic acids is 2. The molecule has 3 aromatic carbocycles. The third-order valence-electron chi connectivity index (χ3n) is 5.03. The number of hydrogen-bond donors (Lipinski definition) is 2. The van der Waals surface area contributed by atoms with E-state index in [0.717, 1.165) is 13.6 Å². The molecule has 0 spiro atoms. The lowest BCUT2D eigenvalue weighted by Crippen LogP contribution is -2.34. The molecule has 0 radical (unpaired) electrons. The van der Waals surface area contributed by atoms with E-state index in [4.69, 9.17) is 32.7 Å². The fourth-order valence-electron chi connectivity index (χ4n) is 3.04. The van der Waals surface area contributed by atoms with Gasteiger partial charge in [-0.05, 0) is 94.3 Å². The topological polar surface area (TPSA) is 89.0 Å². The van der Waals surface area contributed by atoms with Crippen LogP contribution >= 0.6 is 61.7 Å². The van der Waals surface area contributed by atoms with Crippen LogP contribution in [-0.4, -0.2) is 24.6 Å². The van der Waals surface area contributed by atoms with Crippen LogP contribution in [-0.2, 0) is 16.2 Å². The van der Waals surface area contributed by atoms with Gasteiger partial charge in [0.1, 0.15) is 12.5 Å². The van der Waals surface area contributed by atoms with Crippen molar-refractivity contribution >= 4 is 85.4 Å². The molecule has 3 rings (SSSR count). The van der Waals surface area contributed by atoms with Gasteiger partial charge in [-0.3, -0.25) is 9.59 Å². The summed E-state index contributed by atoms with van der Waals surface area (Å²) >= 11 is 17.7. The van der Waals surface area contributed by atoms with E-state index >= 15 is 0 Å². The molecular formula is C26H23BrCl2IN3O4. The summed E-state index contributed by atoms with van der Waals surface area (Å²) in [6, 6.07) is 16.0. The fourth-order valence-corrected chi connectivity index (χ4v) is 4.67. The number of carbonyl (C=O) groups is 2. The van der Waals surface area contributed by atoms with Gasteiger partial charge in [-0.1, -0.05) is 41.4 Å². The number of rotatable bonds is 10. The van der Waals surface area contributed by atoms with E-state index in [-0.39, 0.29) is 6.61 Å². The number of ether oxygens (including phenoxy) is 2. The van der Waals surface area contributed by atoms with Crippen LogP contribution < -0.4 is 20.2 Å². The van der Waals surface area contributed by atoms with E-state index < -0.39 is 17.7 Å². The van der Waals surface area contributed by atoms with E-state index in [1.54, 1.807) is 36.4 Å². The summed E-state index contributed by atoms with van der Waals surface area (Å²) in [4.78, 5) is 24.9. The van der Waals surface area contributed by atoms with Crippen molar-refractivity contribution in [2.45, 2.75) is 20.5 Å². The first-order valence-electron chi connectivity index (χ1n) is 11.1. The Labute approximate surface area is 247 Å². The zero-order chi connectivity index (χ0) is 26.9. The molecule has 2 amide bonds. The lowest BCUT2D eigenvalue weighted by atomic mass is 10.1. The van der Waals surface area contributed by atoms with Crippen LogP contribution in [0.5, 0.6) is 11.5 Å². The predicted octanol–water partition coefficient (Wildman–Crippen LogP) is 7.06. The molecular weight excluding hydrogens is 696 g/mol. The molecule has 7 nitrogen and oxygen atoms in total. The van der Waals surface area contributed by atoms with E-state index in [1.165, 1.54) is 13.1 Å². The number of hydrogen-bond acceptors (Lipinski definition) is 5. The van der Waals surface area contributed by atoms with Gasteiger partial charge in [0.15, 0.2) is 11.5 Å². The molecule has 0 aromatic heterocycles. The highest BCUT2D eigenvalue weighted by Crippen LogP contribution is 2.35. The molecule has 37 heavy (non-hydrogen) atoms. The number of nitrogens with one attached hydrogen (secondary N) is 2. The summed E-state index contributed by atoms with van der Waals surface area (Å²) in [5, 5.41) is 7.79. The number of hydrazone groups is 1. The number of para-hydroxylation sites is 1. The Morgan fingerprint density at radius 2 is 1.86 bits per heavy atom. The average Bonchev–Trinajstić information content (AvgIpc) is 2.85. The van der Waals surface area contributed by atoms with Gasteiger partial charge in [-0.15, -0.1) is 0 Å². The molecule has 194 valence electrons. The number of anilines is 1. The second-order valence-electron chi connectivity index (χ2n) is 7.71. The molecule has 2 N–H and O–H groups in total. The SMILES string of the molecule is CCOc1cc(C=NNC(=O)C(C)C(=O)Nc2ccccc2Br)cc(I)c1OCc1ccc(Cl)cc1Cl. The molecule has 11 heteroatoms. The molecule has 1 unspecified atom stereocenters. The fraction of sp³-hybridized carbons (Fsp3) is 0.192. The number of amides is 2. The molecule has 3 aromatic rings. The monoisotopic (exact) mass is 717 g/mol. The third-order valence-corrected chi connectivity index (χ3v) is 7.11. The standard InChI is InChI=1S/C26H23BrCl2IN3O4/c1-3-36-23-11-16(10-21(30)24(23)37-14-17-8-9-18(28)12-20(17)29)13-31-33-26(35)15(2)25(34)32-22-7-5-4-6-19(22)27/h4-13,15H,3,14H2,1-2H3,(H,32,34)(H,33,35). The molecule has 0 aliphatic carbocycles. The van der Waals surface area contributed by atoms with Gasteiger partial charge in [-0.2, -0.15) is 5.10 Å². The van der Waals surface area contributed by atoms with Crippen LogP contribution in [0.1, 0.15) is 25.0 Å². The van der Waals surface area contributed by atoms with Crippen LogP contribution in [0.3, 0.4) is 0 Å². The first-order chi connectivity index (χ1) is 17.7. The number of nitrogens with zero attached hydrogens (tertiary/aromatic N) is 1. The molecule has 0 aliphatic rings. The minimum Gasteiger partial charge on any atom is -0.490 e. The van der Waals surface area contributed by atoms with Crippen molar-refractivity contribution in [3.05, 3.63) is 83.8 Å². The highest BCUT2D eigenvalue weighted by molar-refractivity contribution is 14.1. The summed E-state index contributed by atoms with van der Waals surface area (Å²) in [5.74, 6) is -0.866. The van der Waals surface area contributed by atoms with E-state index in [9.17, 15) is 9.59 Å². The van der Waals surface area contributed by atoms with Crippen molar-refractivity contribution < 1.29 is 19.1 Å². The zero-order valence-corrected chi connectivity index (χ0v) is 25.1. The normalized spacial score (nSPS) is 11.7. The Hall–Kier alpha value is -2.34. The van der Waals surface area contributed by atoms with E-state index in [1.807, 2.05) is 25.1 Å². The molecule has 0 bridgehead atoms. The lowest BCUT2D eigenvalue weighted by Gasteiger charge is -2.15. The summed E-state index contributed by atoms with van der Waals surface area (Å²) in [7, 11) is 0. The molecule has 0 fully saturated rings. The van der Waals surface area contributed by atoms with Crippen molar-refractivity contribution in [1.29, 1.82) is 0 Å². The van der Waals surface area contributed by atoms with Crippen molar-refractivity contribution in [2.75, 3.05) is 11.9 Å². The first-order valence-corrected chi connectivity index (χ1v) is 13.7. The average molecular weight is 719 g/mol. The summed E-state index contributed by atoms with van der Waals surface area (Å²) in [6.07, 6.45) is 1.47. The Morgan fingerprint density at radius 3 is 2.57 bits per heavy atom. The van der Waals surface area contributed by atoms with Crippen LogP contribution in [0.4, 0.5) is 5.69 Å². The molecule has 0 saturated heterocycles. The Bertz CT molecular complexity index is 1320. The maximum absolute atomic E-state index is 12.4. The van der Waals surface area contributed by atoms with Gasteiger partial charge in [0.2, 0.25) is 5.91 Å². The van der Waals surface area contributed by atoms with Crippen LogP contribution in [0.15, 0.2) is 64.2 Å².